The molecule has 2 N–H and O–H groups in total. The van der Waals surface area contributed by atoms with Crippen LogP contribution >= 0.6 is 0 Å². The van der Waals surface area contributed by atoms with E-state index in [0.717, 1.165) is 16.7 Å². The normalized spacial score (nSPS) is 11.8. The summed E-state index contributed by atoms with van der Waals surface area (Å²) in [5.74, 6) is -0.602. The van der Waals surface area contributed by atoms with Crippen LogP contribution in [0, 0.1) is 0 Å². The first-order valence-corrected chi connectivity index (χ1v) is 15.9. The summed E-state index contributed by atoms with van der Waals surface area (Å²) in [5.41, 5.74) is 2.52. The molecule has 0 saturated carbocycles. The largest absolute Gasteiger partial charge is 0.507 e. The predicted octanol–water partition coefficient (Wildman–Crippen LogP) is 11.3. The molecule has 1 rings (SSSR count). The first-order chi connectivity index (χ1) is 17.8. The Balaban J connectivity index is 0.000000726. The monoisotopic (exact) mass is 532 g/mol. The smallest absolute Gasteiger partial charge is 0.303 e. The third kappa shape index (κ3) is 17.9. The first-order valence-electron chi connectivity index (χ1n) is 15.9. The second-order valence-corrected chi connectivity index (χ2v) is 13.4. The Morgan fingerprint density at radius 3 is 1.29 bits per heavy atom. The maximum atomic E-state index is 10.8. The number of hydrogen-bond donors (Lipinski definition) is 2. The molecule has 0 aromatic heterocycles. The number of phenols is 1. The number of aryl methyl sites for hydroxylation is 1. The van der Waals surface area contributed by atoms with Crippen LogP contribution in [0.1, 0.15) is 181 Å². The Morgan fingerprint density at radius 1 is 0.632 bits per heavy atom. The average molecular weight is 533 g/mol. The topological polar surface area (TPSA) is 57.5 Å². The van der Waals surface area contributed by atoms with Crippen molar-refractivity contribution < 1.29 is 15.0 Å². The highest BCUT2D eigenvalue weighted by Crippen LogP contribution is 2.38. The molecule has 3 heteroatoms. The number of hydrogen-bond acceptors (Lipinski definition) is 2. The van der Waals surface area contributed by atoms with Gasteiger partial charge in [0.15, 0.2) is 0 Å². The van der Waals surface area contributed by atoms with E-state index in [1.54, 1.807) is 0 Å². The van der Waals surface area contributed by atoms with Gasteiger partial charge in [0, 0.05) is 6.42 Å². The van der Waals surface area contributed by atoms with Gasteiger partial charge < -0.3 is 10.2 Å². The lowest BCUT2D eigenvalue weighted by Crippen LogP contribution is -2.17. The maximum absolute atomic E-state index is 10.8. The number of aliphatic carboxylic acids is 1. The number of carbonyl (C=O) groups is 1. The van der Waals surface area contributed by atoms with Crippen LogP contribution in [-0.2, 0) is 22.0 Å². The van der Waals surface area contributed by atoms with Crippen molar-refractivity contribution >= 4 is 5.97 Å². The second-order valence-electron chi connectivity index (χ2n) is 13.4. The van der Waals surface area contributed by atoms with E-state index in [1.165, 1.54) is 103 Å². The molecule has 1 aromatic carbocycles. The van der Waals surface area contributed by atoms with Gasteiger partial charge in [-0.25, -0.2) is 0 Å². The molecule has 0 unspecified atom stereocenters. The molecule has 0 amide bonds. The van der Waals surface area contributed by atoms with E-state index >= 15 is 0 Å². The second kappa shape index (κ2) is 20.4. The fourth-order valence-corrected chi connectivity index (χ4v) is 4.75. The fourth-order valence-electron chi connectivity index (χ4n) is 4.75. The van der Waals surface area contributed by atoms with Gasteiger partial charge in [0.1, 0.15) is 5.75 Å². The van der Waals surface area contributed by atoms with Crippen LogP contribution in [0.15, 0.2) is 12.1 Å². The van der Waals surface area contributed by atoms with Gasteiger partial charge in [-0.05, 0) is 33.9 Å². The molecule has 0 saturated heterocycles. The molecular formula is C35H64O3. The van der Waals surface area contributed by atoms with Crippen LogP contribution in [0.5, 0.6) is 5.75 Å². The van der Waals surface area contributed by atoms with E-state index in [9.17, 15) is 9.90 Å². The van der Waals surface area contributed by atoms with Gasteiger partial charge in [-0.15, -0.1) is 0 Å². The van der Waals surface area contributed by atoms with Crippen molar-refractivity contribution in [3.63, 3.8) is 0 Å². The molecule has 0 bridgehead atoms. The van der Waals surface area contributed by atoms with Gasteiger partial charge in [0.05, 0.1) is 0 Å². The van der Waals surface area contributed by atoms with Crippen LogP contribution in [0.2, 0.25) is 0 Å². The Hall–Kier alpha value is -1.51. The summed E-state index contributed by atoms with van der Waals surface area (Å²) in [6, 6.07) is 3.98. The van der Waals surface area contributed by atoms with E-state index < -0.39 is 5.97 Å². The number of rotatable bonds is 18. The highest BCUT2D eigenvalue weighted by atomic mass is 16.4. The minimum absolute atomic E-state index is 0.0325. The molecule has 0 aliphatic carbocycles. The number of benzene rings is 1. The fraction of sp³-hybridized carbons (Fsp3) is 0.800. The molecular weight excluding hydrogens is 468 g/mol. The van der Waals surface area contributed by atoms with E-state index in [0.29, 0.717) is 6.42 Å². The summed E-state index contributed by atoms with van der Waals surface area (Å²) >= 11 is 0. The van der Waals surface area contributed by atoms with Gasteiger partial charge >= 0.3 is 5.97 Å². The minimum atomic E-state index is -0.845. The lowest BCUT2D eigenvalue weighted by Gasteiger charge is -2.27. The molecule has 1 aromatic rings. The molecule has 0 aliphatic rings. The third-order valence-corrected chi connectivity index (χ3v) is 7.43. The van der Waals surface area contributed by atoms with Crippen LogP contribution in [0.4, 0.5) is 0 Å². The molecule has 3 nitrogen and oxygen atoms in total. The summed E-state index contributed by atoms with van der Waals surface area (Å²) in [7, 11) is 0. The highest BCUT2D eigenvalue weighted by Gasteiger charge is 2.25. The number of carboxylic acids is 1. The van der Waals surface area contributed by atoms with Crippen LogP contribution in [0.3, 0.4) is 0 Å². The van der Waals surface area contributed by atoms with E-state index in [4.69, 9.17) is 5.11 Å². The number of phenolic OH excluding ortho intramolecular Hbond substituents is 1. The molecule has 222 valence electrons. The molecule has 0 heterocycles. The standard InChI is InChI=1S/C18H38.C17H26O3/c1-3-5-7-9-11-13-15-17-18-16-14-12-10-8-6-4-2;1-16(2,3)12-9-11(7-8-14(18)19)15(20)13(10-12)17(4,5)6/h3-18H2,1-2H3;9-10,20H,7-8H2,1-6H3,(H,18,19). The summed E-state index contributed by atoms with van der Waals surface area (Å²) in [5, 5.41) is 19.3. The van der Waals surface area contributed by atoms with Gasteiger partial charge in [-0.1, -0.05) is 170 Å². The number of unbranched alkanes of at least 4 members (excludes halogenated alkanes) is 15. The van der Waals surface area contributed by atoms with Crippen molar-refractivity contribution in [3.8, 4) is 5.75 Å². The van der Waals surface area contributed by atoms with Gasteiger partial charge in [-0.3, -0.25) is 4.79 Å². The molecule has 0 radical (unpaired) electrons. The maximum Gasteiger partial charge on any atom is 0.303 e. The van der Waals surface area contributed by atoms with Crippen molar-refractivity contribution in [3.05, 3.63) is 28.8 Å². The van der Waals surface area contributed by atoms with Crippen molar-refractivity contribution in [2.45, 2.75) is 182 Å². The Kier molecular flexibility index (Phi) is 19.6. The molecule has 0 spiro atoms. The summed E-state index contributed by atoms with van der Waals surface area (Å²) in [6.45, 7) is 17.1. The molecule has 0 aliphatic heterocycles. The molecule has 0 fully saturated rings. The zero-order chi connectivity index (χ0) is 29.0. The van der Waals surface area contributed by atoms with Crippen molar-refractivity contribution in [2.24, 2.45) is 0 Å². The van der Waals surface area contributed by atoms with E-state index in [-0.39, 0.29) is 23.0 Å². The van der Waals surface area contributed by atoms with Crippen molar-refractivity contribution in [2.75, 3.05) is 0 Å². The first kappa shape index (κ1) is 36.5. The zero-order valence-corrected chi connectivity index (χ0v) is 26.7. The Labute approximate surface area is 237 Å². The summed E-state index contributed by atoms with van der Waals surface area (Å²) in [6.07, 6.45) is 23.8. The molecule has 38 heavy (non-hydrogen) atoms. The third-order valence-electron chi connectivity index (χ3n) is 7.43. The van der Waals surface area contributed by atoms with Gasteiger partial charge in [-0.2, -0.15) is 0 Å². The number of aromatic hydroxyl groups is 1. The SMILES string of the molecule is CC(C)(C)c1cc(CCC(=O)O)c(O)c(C(C)(C)C)c1.CCCCCCCCCCCCCCCCCC. The van der Waals surface area contributed by atoms with E-state index in [1.807, 2.05) is 12.1 Å². The lowest BCUT2D eigenvalue weighted by atomic mass is 9.78. The number of carboxylic acid groups (broad SMARTS) is 1. The van der Waals surface area contributed by atoms with E-state index in [2.05, 4.69) is 55.4 Å². The predicted molar refractivity (Wildman–Crippen MR) is 167 cm³/mol. The van der Waals surface area contributed by atoms with Gasteiger partial charge in [0.2, 0.25) is 0 Å². The zero-order valence-electron chi connectivity index (χ0n) is 26.7. The molecule has 0 atom stereocenters. The summed E-state index contributed by atoms with van der Waals surface area (Å²) < 4.78 is 0. The Morgan fingerprint density at radius 2 is 1.00 bits per heavy atom. The van der Waals surface area contributed by atoms with Gasteiger partial charge in [0.25, 0.3) is 0 Å². The lowest BCUT2D eigenvalue weighted by molar-refractivity contribution is -0.136. The minimum Gasteiger partial charge on any atom is -0.507 e. The van der Waals surface area contributed by atoms with Crippen molar-refractivity contribution in [1.82, 2.24) is 0 Å². The summed E-state index contributed by atoms with van der Waals surface area (Å²) in [4.78, 5) is 10.8. The quantitative estimate of drug-likeness (QED) is 0.185. The highest BCUT2D eigenvalue weighted by molar-refractivity contribution is 5.67. The van der Waals surface area contributed by atoms with Crippen LogP contribution < -0.4 is 0 Å². The van der Waals surface area contributed by atoms with Crippen molar-refractivity contribution in [1.29, 1.82) is 0 Å². The Bertz CT molecular complexity index is 721. The van der Waals surface area contributed by atoms with Crippen LogP contribution in [-0.4, -0.2) is 16.2 Å². The average Bonchev–Trinajstić information content (AvgIpc) is 2.82. The van der Waals surface area contributed by atoms with Crippen LogP contribution in [0.25, 0.3) is 0 Å².